The van der Waals surface area contributed by atoms with Crippen LogP contribution in [0.5, 0.6) is 5.75 Å². The quantitative estimate of drug-likeness (QED) is 0.135. The van der Waals surface area contributed by atoms with Crippen LogP contribution in [0.1, 0.15) is 54.1 Å². The zero-order chi connectivity index (χ0) is 36.3. The van der Waals surface area contributed by atoms with E-state index in [1.807, 2.05) is 42.5 Å². The van der Waals surface area contributed by atoms with Gasteiger partial charge in [-0.3, -0.25) is 19.7 Å². The van der Waals surface area contributed by atoms with E-state index in [-0.39, 0.29) is 37.1 Å². The average Bonchev–Trinajstić information content (AvgIpc) is 3.53. The third-order valence-electron chi connectivity index (χ3n) is 9.20. The maximum Gasteiger partial charge on any atom is 0.416 e. The Kier molecular flexibility index (Phi) is 11.1. The predicted octanol–water partition coefficient (Wildman–Crippen LogP) is 8.61. The molecule has 2 aliphatic heterocycles. The Hall–Kier alpha value is -3.94. The van der Waals surface area contributed by atoms with E-state index in [0.29, 0.717) is 28.6 Å². The highest BCUT2D eigenvalue weighted by Crippen LogP contribution is 2.46. The van der Waals surface area contributed by atoms with Crippen molar-refractivity contribution in [2.75, 3.05) is 25.0 Å². The first-order valence-electron chi connectivity index (χ1n) is 16.4. The van der Waals surface area contributed by atoms with Crippen LogP contribution < -0.4 is 20.7 Å². The minimum atomic E-state index is -4.64. The van der Waals surface area contributed by atoms with E-state index in [2.05, 4.69) is 28.8 Å². The summed E-state index contributed by atoms with van der Waals surface area (Å²) in [7, 11) is 0. The van der Waals surface area contributed by atoms with Crippen LogP contribution in [0.3, 0.4) is 0 Å². The lowest BCUT2D eigenvalue weighted by atomic mass is 9.93. The second kappa shape index (κ2) is 15.3. The van der Waals surface area contributed by atoms with Gasteiger partial charge in [-0.05, 0) is 79.4 Å². The van der Waals surface area contributed by atoms with Crippen LogP contribution in [-0.2, 0) is 16.6 Å². The lowest BCUT2D eigenvalue weighted by molar-refractivity contribution is -0.141. The molecule has 4 aromatic rings. The van der Waals surface area contributed by atoms with E-state index in [4.69, 9.17) is 27.9 Å². The number of para-hydroxylation sites is 1. The summed E-state index contributed by atoms with van der Waals surface area (Å²) in [5.74, 6) is -0.488. The molecule has 2 atom stereocenters. The van der Waals surface area contributed by atoms with Gasteiger partial charge < -0.3 is 15.0 Å². The normalized spacial score (nSPS) is 21.0. The molecule has 0 bridgehead atoms. The maximum atomic E-state index is 15.0. The first-order valence-corrected chi connectivity index (χ1v) is 17.6. The number of carbonyl (C=O) groups is 2. The minimum Gasteiger partial charge on any atom is -0.493 e. The van der Waals surface area contributed by atoms with Crippen molar-refractivity contribution in [2.24, 2.45) is 0 Å². The van der Waals surface area contributed by atoms with Crippen molar-refractivity contribution in [2.45, 2.75) is 49.7 Å². The molecule has 2 fully saturated rings. The van der Waals surface area contributed by atoms with Gasteiger partial charge in [0.2, 0.25) is 0 Å². The van der Waals surface area contributed by atoms with Crippen molar-refractivity contribution in [1.29, 1.82) is 0 Å². The van der Waals surface area contributed by atoms with Gasteiger partial charge in [0.25, 0.3) is 5.91 Å². The van der Waals surface area contributed by atoms with Crippen LogP contribution in [-0.4, -0.2) is 46.9 Å². The predicted molar refractivity (Wildman–Crippen MR) is 195 cm³/mol. The largest absolute Gasteiger partial charge is 0.493 e. The van der Waals surface area contributed by atoms with E-state index in [9.17, 15) is 18.0 Å². The highest BCUT2D eigenvalue weighted by atomic mass is 35.5. The molecule has 0 aliphatic carbocycles. The number of hydrogen-bond donors (Lipinski definition) is 4. The molecule has 0 aromatic heterocycles. The van der Waals surface area contributed by atoms with Crippen molar-refractivity contribution in [1.82, 2.24) is 19.8 Å². The summed E-state index contributed by atoms with van der Waals surface area (Å²) in [6.07, 6.45) is -3.80. The number of nitrogens with zero attached hydrogens (tertiary/aromatic N) is 2. The number of carbonyl (C=O) groups excluding carboxylic acids is 2. The topological polar surface area (TPSA) is 85.9 Å². The number of ether oxygens (including phenoxy) is 1. The number of rotatable bonds is 8. The van der Waals surface area contributed by atoms with Crippen molar-refractivity contribution in [3.8, 4) is 5.75 Å². The average molecular weight is 759 g/mol. The standard InChI is InChI=1S/C37H36Cl2F3N5O3S/c1-2-50-31-22-25(37(40,41)42)12-17-30(31)36(34(48)46-20-18-29(19-21-46)47(51)35(49)43-28-6-4-3-5-7-28)44-32(23-8-13-26(38)14-9-23)33(45-36)24-10-15-27(39)16-11-24/h3-17,22,29,32-33,44-45,51H,2,18-21H2,1H3,(H,43,49). The number of amides is 3. The minimum absolute atomic E-state index is 0.0635. The lowest BCUT2D eigenvalue weighted by Gasteiger charge is -2.41. The molecule has 3 N–H and O–H groups in total. The van der Waals surface area contributed by atoms with E-state index >= 15 is 4.79 Å². The number of urea groups is 1. The molecule has 3 amide bonds. The Bertz CT molecular complexity index is 1790. The molecular weight excluding hydrogens is 722 g/mol. The van der Waals surface area contributed by atoms with Crippen LogP contribution in [0.2, 0.25) is 10.0 Å². The van der Waals surface area contributed by atoms with Crippen LogP contribution in [0.4, 0.5) is 23.7 Å². The van der Waals surface area contributed by atoms with Gasteiger partial charge in [-0.1, -0.05) is 84.5 Å². The van der Waals surface area contributed by atoms with E-state index in [1.165, 1.54) is 10.4 Å². The molecule has 6 rings (SSSR count). The Labute approximate surface area is 309 Å². The van der Waals surface area contributed by atoms with E-state index in [0.717, 1.165) is 23.3 Å². The smallest absolute Gasteiger partial charge is 0.416 e. The number of anilines is 1. The number of alkyl halides is 3. The first kappa shape index (κ1) is 36.8. The van der Waals surface area contributed by atoms with Crippen LogP contribution in [0.15, 0.2) is 97.1 Å². The summed E-state index contributed by atoms with van der Waals surface area (Å²) in [6.45, 7) is 2.25. The summed E-state index contributed by atoms with van der Waals surface area (Å²) in [6, 6.07) is 24.8. The summed E-state index contributed by atoms with van der Waals surface area (Å²) >= 11 is 17.0. The van der Waals surface area contributed by atoms with Crippen molar-refractivity contribution in [3.63, 3.8) is 0 Å². The van der Waals surface area contributed by atoms with Gasteiger partial charge in [0.05, 0.1) is 24.3 Å². The van der Waals surface area contributed by atoms with Gasteiger partial charge in [0, 0.05) is 40.4 Å². The molecule has 2 aliphatic rings. The van der Waals surface area contributed by atoms with Crippen molar-refractivity contribution in [3.05, 3.63) is 129 Å². The van der Waals surface area contributed by atoms with Crippen LogP contribution in [0.25, 0.3) is 0 Å². The lowest BCUT2D eigenvalue weighted by Crippen LogP contribution is -2.61. The molecule has 268 valence electrons. The second-order valence-corrected chi connectivity index (χ2v) is 13.7. The SMILES string of the molecule is CCOc1cc(C(F)(F)F)ccc1C1(C(=O)N2CCC(N(S)C(=O)Nc3ccccc3)CC2)NC(c2ccc(Cl)cc2)C(c2ccc(Cl)cc2)N1. The van der Waals surface area contributed by atoms with Gasteiger partial charge in [-0.2, -0.15) is 13.2 Å². The molecular formula is C37H36Cl2F3N5O3S. The maximum absolute atomic E-state index is 15.0. The number of piperidine rings is 1. The fourth-order valence-electron chi connectivity index (χ4n) is 6.66. The van der Waals surface area contributed by atoms with Gasteiger partial charge in [0.1, 0.15) is 5.75 Å². The molecule has 0 radical (unpaired) electrons. The molecule has 14 heteroatoms. The number of halogens is 5. The zero-order valence-electron chi connectivity index (χ0n) is 27.5. The number of benzene rings is 4. The molecule has 2 heterocycles. The summed E-state index contributed by atoms with van der Waals surface area (Å²) in [5.41, 5.74) is -0.219. The molecule has 4 aromatic carbocycles. The first-order chi connectivity index (χ1) is 24.4. The third kappa shape index (κ3) is 7.95. The highest BCUT2D eigenvalue weighted by Gasteiger charge is 2.55. The monoisotopic (exact) mass is 757 g/mol. The summed E-state index contributed by atoms with van der Waals surface area (Å²) in [5, 5.41) is 10.9. The molecule has 0 saturated carbocycles. The van der Waals surface area contributed by atoms with Gasteiger partial charge in [-0.15, -0.1) is 0 Å². The zero-order valence-corrected chi connectivity index (χ0v) is 29.9. The Balaban J connectivity index is 1.37. The molecule has 51 heavy (non-hydrogen) atoms. The molecule has 2 saturated heterocycles. The van der Waals surface area contributed by atoms with Gasteiger partial charge >= 0.3 is 12.2 Å². The number of hydrogen-bond acceptors (Lipinski definition) is 6. The van der Waals surface area contributed by atoms with Crippen LogP contribution in [0, 0.1) is 0 Å². The summed E-state index contributed by atoms with van der Waals surface area (Å²) < 4.78 is 49.0. The number of likely N-dealkylation sites (tertiary alicyclic amines) is 1. The molecule has 0 spiro atoms. The molecule has 8 nitrogen and oxygen atoms in total. The van der Waals surface area contributed by atoms with Crippen LogP contribution >= 0.6 is 36.0 Å². The van der Waals surface area contributed by atoms with Crippen molar-refractivity contribution < 1.29 is 27.5 Å². The fourth-order valence-corrected chi connectivity index (χ4v) is 7.20. The Morgan fingerprint density at radius 3 is 1.96 bits per heavy atom. The fraction of sp³-hybridized carbons (Fsp3) is 0.297. The Morgan fingerprint density at radius 1 is 0.902 bits per heavy atom. The van der Waals surface area contributed by atoms with Gasteiger partial charge in [0.15, 0.2) is 5.66 Å². The van der Waals surface area contributed by atoms with Gasteiger partial charge in [-0.25, -0.2) is 4.79 Å². The van der Waals surface area contributed by atoms with E-state index in [1.54, 1.807) is 48.2 Å². The van der Waals surface area contributed by atoms with E-state index < -0.39 is 41.4 Å². The second-order valence-electron chi connectivity index (χ2n) is 12.4. The number of nitrogens with one attached hydrogen (secondary N) is 3. The molecule has 2 unspecified atom stereocenters. The third-order valence-corrected chi connectivity index (χ3v) is 10.2. The van der Waals surface area contributed by atoms with Crippen molar-refractivity contribution >= 4 is 53.6 Å². The number of thiol groups is 1. The summed E-state index contributed by atoms with van der Waals surface area (Å²) in [4.78, 5) is 29.7. The highest BCUT2D eigenvalue weighted by molar-refractivity contribution is 7.78. The Morgan fingerprint density at radius 2 is 1.45 bits per heavy atom.